The maximum Gasteiger partial charge on any atom is 0.324 e. The van der Waals surface area contributed by atoms with Crippen molar-refractivity contribution in [3.8, 4) is 0 Å². The number of nitrogens with one attached hydrogen (secondary N) is 1. The van der Waals surface area contributed by atoms with Crippen LogP contribution in [0.25, 0.3) is 0 Å². The van der Waals surface area contributed by atoms with Crippen molar-refractivity contribution in [1.82, 2.24) is 4.72 Å². The third kappa shape index (κ3) is 5.79. The second kappa shape index (κ2) is 6.43. The van der Waals surface area contributed by atoms with Gasteiger partial charge in [-0.2, -0.15) is 0 Å². The Morgan fingerprint density at radius 1 is 1.15 bits per heavy atom. The van der Waals surface area contributed by atoms with Gasteiger partial charge in [-0.25, -0.2) is 13.1 Å². The normalized spacial score (nSPS) is 16.6. The molecule has 0 spiro atoms. The van der Waals surface area contributed by atoms with Crippen LogP contribution >= 0.6 is 0 Å². The zero-order valence-corrected chi connectivity index (χ0v) is 14.7. The molecule has 0 aromatic heterocycles. The van der Waals surface area contributed by atoms with Gasteiger partial charge in [0.1, 0.15) is 11.6 Å². The van der Waals surface area contributed by atoms with Gasteiger partial charge in [0.05, 0.1) is 4.75 Å². The molecule has 0 aliphatic rings. The molecular formula is C14H29NO4S. The lowest BCUT2D eigenvalue weighted by molar-refractivity contribution is -0.158. The van der Waals surface area contributed by atoms with Crippen LogP contribution in [0.5, 0.6) is 0 Å². The fourth-order valence-corrected chi connectivity index (χ4v) is 2.36. The van der Waals surface area contributed by atoms with Crippen LogP contribution in [0, 0.1) is 5.92 Å². The Kier molecular flexibility index (Phi) is 6.23. The third-order valence-corrected chi connectivity index (χ3v) is 5.14. The van der Waals surface area contributed by atoms with E-state index >= 15 is 0 Å². The summed E-state index contributed by atoms with van der Waals surface area (Å²) in [5, 5.41) is 0. The Morgan fingerprint density at radius 3 is 1.90 bits per heavy atom. The quantitative estimate of drug-likeness (QED) is 0.792. The number of carbonyl (C=O) groups is 1. The average Bonchev–Trinajstić information content (AvgIpc) is 2.20. The van der Waals surface area contributed by atoms with Crippen molar-refractivity contribution in [2.75, 3.05) is 0 Å². The van der Waals surface area contributed by atoms with Crippen LogP contribution in [0.3, 0.4) is 0 Å². The maximum absolute atomic E-state index is 12.2. The molecule has 6 heteroatoms. The summed E-state index contributed by atoms with van der Waals surface area (Å²) < 4.78 is 31.3. The summed E-state index contributed by atoms with van der Waals surface area (Å²) in [6, 6.07) is -0.858. The van der Waals surface area contributed by atoms with E-state index in [-0.39, 0.29) is 5.92 Å². The van der Waals surface area contributed by atoms with Crippen molar-refractivity contribution in [2.45, 2.75) is 78.2 Å². The van der Waals surface area contributed by atoms with Gasteiger partial charge >= 0.3 is 5.97 Å². The summed E-state index contributed by atoms with van der Waals surface area (Å²) in [4.78, 5) is 12.2. The molecule has 0 aromatic carbocycles. The first-order chi connectivity index (χ1) is 8.71. The minimum absolute atomic E-state index is 0.137. The molecule has 120 valence electrons. The molecule has 0 aliphatic carbocycles. The van der Waals surface area contributed by atoms with Gasteiger partial charge in [-0.1, -0.05) is 20.3 Å². The van der Waals surface area contributed by atoms with E-state index in [1.165, 1.54) is 0 Å². The first-order valence-electron chi connectivity index (χ1n) is 6.96. The molecule has 0 heterocycles. The number of ether oxygens (including phenoxy) is 1. The number of hydrogen-bond acceptors (Lipinski definition) is 4. The molecular weight excluding hydrogens is 278 g/mol. The molecule has 0 saturated heterocycles. The van der Waals surface area contributed by atoms with Crippen LogP contribution in [-0.4, -0.2) is 30.8 Å². The molecule has 0 aromatic rings. The number of hydrogen-bond donors (Lipinski definition) is 1. The Balaban J connectivity index is 5.26. The van der Waals surface area contributed by atoms with E-state index in [4.69, 9.17) is 4.74 Å². The highest BCUT2D eigenvalue weighted by molar-refractivity contribution is 7.90. The average molecular weight is 307 g/mol. The fourth-order valence-electron chi connectivity index (χ4n) is 1.34. The monoisotopic (exact) mass is 307 g/mol. The van der Waals surface area contributed by atoms with Gasteiger partial charge in [0.15, 0.2) is 0 Å². The molecule has 1 N–H and O–H groups in total. The van der Waals surface area contributed by atoms with Crippen LogP contribution in [0.4, 0.5) is 0 Å². The first-order valence-corrected chi connectivity index (χ1v) is 8.44. The lowest BCUT2D eigenvalue weighted by Crippen LogP contribution is -2.52. The largest absolute Gasteiger partial charge is 0.459 e. The number of sulfonamides is 1. The Hall–Kier alpha value is -0.620. The van der Waals surface area contributed by atoms with Crippen LogP contribution < -0.4 is 4.72 Å². The molecule has 0 saturated carbocycles. The molecule has 2 atom stereocenters. The Labute approximate surface area is 123 Å². The molecule has 0 aliphatic heterocycles. The van der Waals surface area contributed by atoms with Gasteiger partial charge in [-0.05, 0) is 47.5 Å². The zero-order valence-electron chi connectivity index (χ0n) is 13.9. The molecule has 0 rings (SSSR count). The number of esters is 1. The molecule has 20 heavy (non-hydrogen) atoms. The number of rotatable bonds is 5. The van der Waals surface area contributed by atoms with E-state index in [1.54, 1.807) is 41.5 Å². The van der Waals surface area contributed by atoms with Crippen molar-refractivity contribution in [3.63, 3.8) is 0 Å². The molecule has 0 radical (unpaired) electrons. The second-order valence-electron chi connectivity index (χ2n) is 7.13. The van der Waals surface area contributed by atoms with Crippen molar-refractivity contribution >= 4 is 16.0 Å². The van der Waals surface area contributed by atoms with Gasteiger partial charge in [-0.3, -0.25) is 4.79 Å². The standard InChI is InChI=1S/C14H29NO4S/c1-9-10(2)11(12(16)19-13(3,4)5)15-20(17,18)14(6,7)8/h10-11,15H,9H2,1-8H3/t10-,11-/m0/s1. The van der Waals surface area contributed by atoms with E-state index in [9.17, 15) is 13.2 Å². The minimum atomic E-state index is -3.60. The Bertz CT molecular complexity index is 429. The number of carbonyl (C=O) groups excluding carboxylic acids is 1. The minimum Gasteiger partial charge on any atom is -0.459 e. The lowest BCUT2D eigenvalue weighted by Gasteiger charge is -2.30. The van der Waals surface area contributed by atoms with Crippen LogP contribution in [-0.2, 0) is 19.6 Å². The van der Waals surface area contributed by atoms with E-state index in [2.05, 4.69) is 4.72 Å². The van der Waals surface area contributed by atoms with Gasteiger partial charge in [0, 0.05) is 0 Å². The predicted octanol–water partition coefficient (Wildman–Crippen LogP) is 2.46. The molecule has 0 unspecified atom stereocenters. The third-order valence-electron chi connectivity index (χ3n) is 2.96. The van der Waals surface area contributed by atoms with Crippen molar-refractivity contribution in [1.29, 1.82) is 0 Å². The highest BCUT2D eigenvalue weighted by Crippen LogP contribution is 2.19. The summed E-state index contributed by atoms with van der Waals surface area (Å²) in [5.74, 6) is -0.665. The van der Waals surface area contributed by atoms with Crippen LogP contribution in [0.2, 0.25) is 0 Å². The van der Waals surface area contributed by atoms with Gasteiger partial charge in [-0.15, -0.1) is 0 Å². The Morgan fingerprint density at radius 2 is 1.60 bits per heavy atom. The van der Waals surface area contributed by atoms with Gasteiger partial charge in [0.2, 0.25) is 10.0 Å². The highest BCUT2D eigenvalue weighted by atomic mass is 32.2. The van der Waals surface area contributed by atoms with E-state index in [0.717, 1.165) is 0 Å². The highest BCUT2D eigenvalue weighted by Gasteiger charge is 2.37. The van der Waals surface area contributed by atoms with Crippen molar-refractivity contribution in [3.05, 3.63) is 0 Å². The summed E-state index contributed by atoms with van der Waals surface area (Å²) in [7, 11) is -3.60. The van der Waals surface area contributed by atoms with E-state index < -0.39 is 32.4 Å². The second-order valence-corrected chi connectivity index (χ2v) is 9.60. The summed E-state index contributed by atoms with van der Waals surface area (Å²) >= 11 is 0. The summed E-state index contributed by atoms with van der Waals surface area (Å²) in [6.45, 7) is 13.8. The van der Waals surface area contributed by atoms with E-state index in [0.29, 0.717) is 6.42 Å². The van der Waals surface area contributed by atoms with Crippen LogP contribution in [0.15, 0.2) is 0 Å². The summed E-state index contributed by atoms with van der Waals surface area (Å²) in [5.41, 5.74) is -0.643. The lowest BCUT2D eigenvalue weighted by atomic mass is 10.00. The molecule has 0 amide bonds. The van der Waals surface area contributed by atoms with E-state index in [1.807, 2.05) is 13.8 Å². The molecule has 0 fully saturated rings. The molecule has 0 bridgehead atoms. The maximum atomic E-state index is 12.2. The van der Waals surface area contributed by atoms with Gasteiger partial charge in [0.25, 0.3) is 0 Å². The smallest absolute Gasteiger partial charge is 0.324 e. The van der Waals surface area contributed by atoms with Crippen LogP contribution in [0.1, 0.15) is 61.8 Å². The summed E-state index contributed by atoms with van der Waals surface area (Å²) in [6.07, 6.45) is 0.677. The fraction of sp³-hybridized carbons (Fsp3) is 0.929. The van der Waals surface area contributed by atoms with Gasteiger partial charge < -0.3 is 4.74 Å². The SMILES string of the molecule is CC[C@H](C)[C@H](NS(=O)(=O)C(C)(C)C)C(=O)OC(C)(C)C. The zero-order chi connectivity index (χ0) is 16.4. The van der Waals surface area contributed by atoms with Crippen molar-refractivity contribution in [2.24, 2.45) is 5.92 Å². The molecule has 5 nitrogen and oxygen atoms in total. The van der Waals surface area contributed by atoms with Crippen molar-refractivity contribution < 1.29 is 17.9 Å². The first kappa shape index (κ1) is 19.4. The predicted molar refractivity (Wildman–Crippen MR) is 80.9 cm³/mol. The topological polar surface area (TPSA) is 72.5 Å².